The molecular weight excluding hydrogens is 441 g/mol. The van der Waals surface area contributed by atoms with Crippen molar-refractivity contribution in [3.05, 3.63) is 0 Å². The van der Waals surface area contributed by atoms with E-state index in [0.29, 0.717) is 0 Å². The predicted octanol–water partition coefficient (Wildman–Crippen LogP) is 7.25. The van der Waals surface area contributed by atoms with Crippen molar-refractivity contribution in [3.63, 3.8) is 0 Å². The zero-order valence-electron chi connectivity index (χ0n) is 13.4. The maximum absolute atomic E-state index is 2.37. The first kappa shape index (κ1) is 21.8. The Morgan fingerprint density at radius 3 is 0.889 bits per heavy atom. The van der Waals surface area contributed by atoms with Crippen molar-refractivity contribution in [1.82, 2.24) is 0 Å². The zero-order chi connectivity index (χ0) is 13.0. The smallest absolute Gasteiger partial charge is 0 e. The van der Waals surface area contributed by atoms with Crippen LogP contribution < -0.4 is 0 Å². The second-order valence-corrected chi connectivity index (χ2v) is 20.2. The van der Waals surface area contributed by atoms with Crippen LogP contribution in [0.25, 0.3) is 0 Å². The molecule has 0 aliphatic carbocycles. The molecule has 0 fully saturated rings. The average Bonchev–Trinajstić information content (AvgIpc) is 2.37. The number of unbranched alkanes of at least 4 members (excludes halogenated alkanes) is 4. The van der Waals surface area contributed by atoms with Crippen LogP contribution in [0.4, 0.5) is 0 Å². The van der Waals surface area contributed by atoms with E-state index in [0.717, 1.165) is 0 Å². The first-order valence-electron chi connectivity index (χ1n) is 8.24. The van der Waals surface area contributed by atoms with E-state index in [1.807, 2.05) is 0 Å². The fraction of sp³-hybridized carbons (Fsp3) is 1.00. The van der Waals surface area contributed by atoms with Gasteiger partial charge in [0.15, 0.2) is 0 Å². The minimum atomic E-state index is -1.69. The van der Waals surface area contributed by atoms with Crippen LogP contribution in [0.5, 0.6) is 0 Å². The zero-order valence-corrected chi connectivity index (χ0v) is 18.4. The van der Waals surface area contributed by atoms with Gasteiger partial charge in [0.2, 0.25) is 0 Å². The second kappa shape index (κ2) is 14.9. The second-order valence-electron chi connectivity index (χ2n) is 5.91. The third-order valence-electron chi connectivity index (χ3n) is 4.24. The molecule has 0 saturated heterocycles. The molecule has 0 unspecified atom stereocenters. The molecule has 0 amide bonds. The largest absolute Gasteiger partial charge is 0 e. The number of hydrogen-bond acceptors (Lipinski definition) is 0. The molecule has 0 N–H and O–H groups in total. The molecule has 18 heavy (non-hydrogen) atoms. The van der Waals surface area contributed by atoms with Crippen molar-refractivity contribution >= 4 is 42.8 Å². The van der Waals surface area contributed by atoms with Gasteiger partial charge in [-0.25, -0.2) is 0 Å². The quantitative estimate of drug-likeness (QED) is 0.205. The van der Waals surface area contributed by atoms with Crippen LogP contribution >= 0.6 is 24.0 Å². The molecule has 0 spiro atoms. The Morgan fingerprint density at radius 1 is 0.500 bits per heavy atom. The molecular formula is C16H37ISb. The topological polar surface area (TPSA) is 0 Å². The SMILES string of the molecule is CCC[CH2][SbH]([CH2]CCC)([CH2]CCC)[CH2]CCC.[I]. The van der Waals surface area contributed by atoms with E-state index in [4.69, 9.17) is 0 Å². The third kappa shape index (κ3) is 10.3. The monoisotopic (exact) mass is 477 g/mol. The summed E-state index contributed by atoms with van der Waals surface area (Å²) in [6, 6.07) is 0. The summed E-state index contributed by atoms with van der Waals surface area (Å²) in [6.45, 7) is 9.48. The summed E-state index contributed by atoms with van der Waals surface area (Å²) < 4.78 is 6.80. The van der Waals surface area contributed by atoms with Gasteiger partial charge in [0.25, 0.3) is 0 Å². The van der Waals surface area contributed by atoms with Crippen LogP contribution in [0.15, 0.2) is 0 Å². The van der Waals surface area contributed by atoms with Crippen molar-refractivity contribution in [2.24, 2.45) is 0 Å². The van der Waals surface area contributed by atoms with Gasteiger partial charge in [-0.05, 0) is 0 Å². The molecule has 0 aromatic rings. The van der Waals surface area contributed by atoms with Crippen LogP contribution in [0.2, 0.25) is 17.5 Å². The summed E-state index contributed by atoms with van der Waals surface area (Å²) in [6.07, 6.45) is 11.8. The van der Waals surface area contributed by atoms with Gasteiger partial charge in [0.1, 0.15) is 0 Å². The van der Waals surface area contributed by atoms with E-state index >= 15 is 0 Å². The molecule has 0 bridgehead atoms. The van der Waals surface area contributed by atoms with Crippen LogP contribution in [0.3, 0.4) is 0 Å². The Kier molecular flexibility index (Phi) is 18.1. The predicted molar refractivity (Wildman–Crippen MR) is 100 cm³/mol. The number of rotatable bonds is 12. The minimum Gasteiger partial charge on any atom is 0 e. The molecule has 0 atom stereocenters. The first-order valence-corrected chi connectivity index (χ1v) is 16.3. The molecule has 0 aromatic carbocycles. The molecule has 0 nitrogen and oxygen atoms in total. The average molecular weight is 478 g/mol. The van der Waals surface area contributed by atoms with Gasteiger partial charge in [-0.1, -0.05) is 0 Å². The van der Waals surface area contributed by atoms with Crippen LogP contribution in [-0.4, -0.2) is 18.8 Å². The fourth-order valence-electron chi connectivity index (χ4n) is 2.96. The molecule has 0 aliphatic rings. The minimum absolute atomic E-state index is 0. The van der Waals surface area contributed by atoms with Crippen molar-refractivity contribution < 1.29 is 0 Å². The van der Waals surface area contributed by atoms with Crippen LogP contribution in [0, 0.1) is 0 Å². The van der Waals surface area contributed by atoms with Crippen molar-refractivity contribution in [2.45, 2.75) is 96.5 Å². The summed E-state index contributed by atoms with van der Waals surface area (Å²) in [4.78, 5) is 0. The van der Waals surface area contributed by atoms with Crippen LogP contribution in [-0.2, 0) is 0 Å². The van der Waals surface area contributed by atoms with E-state index in [1.165, 1.54) is 51.4 Å². The van der Waals surface area contributed by atoms with Gasteiger partial charge in [-0.15, -0.1) is 0 Å². The van der Waals surface area contributed by atoms with Gasteiger partial charge < -0.3 is 0 Å². The van der Waals surface area contributed by atoms with E-state index in [-0.39, 0.29) is 24.0 Å². The molecule has 0 aromatic heterocycles. The van der Waals surface area contributed by atoms with E-state index in [9.17, 15) is 0 Å². The van der Waals surface area contributed by atoms with E-state index in [1.54, 1.807) is 17.5 Å². The van der Waals surface area contributed by atoms with Gasteiger partial charge >= 0.3 is 115 Å². The number of halogens is 1. The van der Waals surface area contributed by atoms with Gasteiger partial charge in [-0.2, -0.15) is 0 Å². The summed E-state index contributed by atoms with van der Waals surface area (Å²) in [5.41, 5.74) is 0. The van der Waals surface area contributed by atoms with Gasteiger partial charge in [-0.3, -0.25) is 0 Å². The molecule has 0 heterocycles. The van der Waals surface area contributed by atoms with E-state index < -0.39 is 18.8 Å². The Morgan fingerprint density at radius 2 is 0.722 bits per heavy atom. The Balaban J connectivity index is 0. The maximum atomic E-state index is 2.37. The normalized spacial score (nSPS) is 12.2. The Labute approximate surface area is 138 Å². The first-order chi connectivity index (χ1) is 8.24. The molecule has 113 valence electrons. The van der Waals surface area contributed by atoms with Gasteiger partial charge in [0, 0.05) is 24.0 Å². The van der Waals surface area contributed by atoms with Crippen molar-refractivity contribution in [1.29, 1.82) is 0 Å². The van der Waals surface area contributed by atoms with Crippen molar-refractivity contribution in [2.75, 3.05) is 0 Å². The fourth-order valence-corrected chi connectivity index (χ4v) is 19.8. The van der Waals surface area contributed by atoms with E-state index in [2.05, 4.69) is 27.7 Å². The van der Waals surface area contributed by atoms with Crippen LogP contribution in [0.1, 0.15) is 79.1 Å². The van der Waals surface area contributed by atoms with Gasteiger partial charge in [0.05, 0.1) is 0 Å². The summed E-state index contributed by atoms with van der Waals surface area (Å²) >= 11 is -1.69. The molecule has 0 rings (SSSR count). The summed E-state index contributed by atoms with van der Waals surface area (Å²) in [7, 11) is 0. The Bertz CT molecular complexity index is 122. The maximum Gasteiger partial charge on any atom is 0 e. The molecule has 0 saturated carbocycles. The standard InChI is InChI=1S/4C4H9.I.Sb.H/c4*1-3-4-2;;;/h4*1,3-4H2,2H3;;;. The summed E-state index contributed by atoms with van der Waals surface area (Å²) in [5, 5.41) is 0. The molecule has 2 heteroatoms. The van der Waals surface area contributed by atoms with Crippen molar-refractivity contribution in [3.8, 4) is 0 Å². The number of hydrogen-bond donors (Lipinski definition) is 0. The summed E-state index contributed by atoms with van der Waals surface area (Å²) in [5.74, 6) is 0. The molecule has 0 aliphatic heterocycles. The third-order valence-corrected chi connectivity index (χ3v) is 20.4. The molecule has 1 radical (unpaired) electrons. The Hall–Kier alpha value is 1.55.